The molecule has 114 valence electrons. The van der Waals surface area contributed by atoms with E-state index in [0.29, 0.717) is 0 Å². The number of nitrogens with one attached hydrogen (secondary N) is 1. The van der Waals surface area contributed by atoms with Gasteiger partial charge in [-0.3, -0.25) is 0 Å². The van der Waals surface area contributed by atoms with Crippen molar-refractivity contribution in [2.75, 3.05) is 7.11 Å². The average Bonchev–Trinajstić information content (AvgIpc) is 2.90. The molecule has 0 fully saturated rings. The molecule has 22 heavy (non-hydrogen) atoms. The highest BCUT2D eigenvalue weighted by Gasteiger charge is 2.34. The first kappa shape index (κ1) is 14.0. The van der Waals surface area contributed by atoms with Crippen molar-refractivity contribution in [1.82, 2.24) is 19.8 Å². The fraction of sp³-hybridized carbons (Fsp3) is 0.167. The molecule has 0 saturated carbocycles. The van der Waals surface area contributed by atoms with Crippen LogP contribution in [0.25, 0.3) is 16.4 Å². The van der Waals surface area contributed by atoms with Gasteiger partial charge in [0.2, 0.25) is 0 Å². The van der Waals surface area contributed by atoms with Crippen molar-refractivity contribution in [3.05, 3.63) is 39.9 Å². The summed E-state index contributed by atoms with van der Waals surface area (Å²) in [7, 11) is 1.09. The van der Waals surface area contributed by atoms with Crippen LogP contribution in [0.5, 0.6) is 0 Å². The SMILES string of the molecule is COC(=O)c1n[nH]n2c(=O)nc3c(C(F)(F)F)cccc3c12. The van der Waals surface area contributed by atoms with E-state index in [1.807, 2.05) is 0 Å². The number of esters is 1. The molecule has 3 aromatic rings. The maximum Gasteiger partial charge on any atom is 0.418 e. The van der Waals surface area contributed by atoms with E-state index in [0.717, 1.165) is 23.8 Å². The van der Waals surface area contributed by atoms with Gasteiger partial charge in [0.25, 0.3) is 0 Å². The minimum Gasteiger partial charge on any atom is -0.464 e. The third kappa shape index (κ3) is 1.91. The van der Waals surface area contributed by atoms with Crippen molar-refractivity contribution >= 4 is 22.4 Å². The molecule has 0 unspecified atom stereocenters. The van der Waals surface area contributed by atoms with Gasteiger partial charge in [-0.2, -0.15) is 22.7 Å². The minimum atomic E-state index is -4.69. The summed E-state index contributed by atoms with van der Waals surface area (Å²) in [4.78, 5) is 27.0. The number of halogens is 3. The number of methoxy groups -OCH3 is 1. The highest BCUT2D eigenvalue weighted by atomic mass is 19.4. The van der Waals surface area contributed by atoms with E-state index in [1.165, 1.54) is 6.07 Å². The van der Waals surface area contributed by atoms with E-state index in [2.05, 4.69) is 20.0 Å². The van der Waals surface area contributed by atoms with Crippen LogP contribution in [0, 0.1) is 0 Å². The quantitative estimate of drug-likeness (QED) is 0.686. The van der Waals surface area contributed by atoms with Gasteiger partial charge in [-0.25, -0.2) is 14.8 Å². The Morgan fingerprint density at radius 1 is 1.36 bits per heavy atom. The van der Waals surface area contributed by atoms with Crippen LogP contribution in [0.1, 0.15) is 16.1 Å². The number of aromatic amines is 1. The summed E-state index contributed by atoms with van der Waals surface area (Å²) in [5, 5.41) is 5.80. The molecule has 0 spiro atoms. The van der Waals surface area contributed by atoms with Crippen molar-refractivity contribution < 1.29 is 22.7 Å². The number of ether oxygens (including phenoxy) is 1. The highest BCUT2D eigenvalue weighted by Crippen LogP contribution is 2.34. The molecule has 2 aromatic heterocycles. The Balaban J connectivity index is 2.53. The topological polar surface area (TPSA) is 89.4 Å². The zero-order valence-corrected chi connectivity index (χ0v) is 10.9. The molecule has 1 N–H and O–H groups in total. The molecule has 0 saturated heterocycles. The number of H-pyrrole nitrogens is 1. The Morgan fingerprint density at radius 3 is 2.73 bits per heavy atom. The van der Waals surface area contributed by atoms with Crippen LogP contribution in [0.15, 0.2) is 23.0 Å². The Hall–Kier alpha value is -2.91. The molecule has 0 aliphatic rings. The number of benzene rings is 1. The van der Waals surface area contributed by atoms with E-state index in [4.69, 9.17) is 0 Å². The van der Waals surface area contributed by atoms with Gasteiger partial charge in [0.05, 0.1) is 18.2 Å². The van der Waals surface area contributed by atoms with Gasteiger partial charge in [0, 0.05) is 5.39 Å². The van der Waals surface area contributed by atoms with Crippen molar-refractivity contribution in [3.63, 3.8) is 0 Å². The third-order valence-corrected chi connectivity index (χ3v) is 3.08. The molecule has 0 bridgehead atoms. The fourth-order valence-electron chi connectivity index (χ4n) is 2.16. The summed E-state index contributed by atoms with van der Waals surface area (Å²) in [6.07, 6.45) is -4.69. The van der Waals surface area contributed by atoms with Gasteiger partial charge in [-0.15, -0.1) is 5.10 Å². The van der Waals surface area contributed by atoms with Crippen LogP contribution in [-0.4, -0.2) is 32.9 Å². The molecule has 3 rings (SSSR count). The molecule has 10 heteroatoms. The van der Waals surface area contributed by atoms with Crippen LogP contribution in [-0.2, 0) is 10.9 Å². The second-order valence-corrected chi connectivity index (χ2v) is 4.33. The van der Waals surface area contributed by atoms with E-state index >= 15 is 0 Å². The van der Waals surface area contributed by atoms with Crippen LogP contribution in [0.3, 0.4) is 0 Å². The van der Waals surface area contributed by atoms with Crippen molar-refractivity contribution in [2.24, 2.45) is 0 Å². The Labute approximate surface area is 119 Å². The summed E-state index contributed by atoms with van der Waals surface area (Å²) >= 11 is 0. The summed E-state index contributed by atoms with van der Waals surface area (Å²) in [6, 6.07) is 3.28. The number of rotatable bonds is 1. The molecular weight excluding hydrogens is 305 g/mol. The van der Waals surface area contributed by atoms with Crippen molar-refractivity contribution in [1.29, 1.82) is 0 Å². The fourth-order valence-corrected chi connectivity index (χ4v) is 2.16. The van der Waals surface area contributed by atoms with Gasteiger partial charge in [-0.1, -0.05) is 12.1 Å². The number of aromatic nitrogens is 4. The second kappa shape index (κ2) is 4.55. The maximum absolute atomic E-state index is 13.0. The summed E-state index contributed by atoms with van der Waals surface area (Å²) in [6.45, 7) is 0. The molecule has 0 radical (unpaired) electrons. The molecule has 0 amide bonds. The molecule has 1 aromatic carbocycles. The molecule has 0 aliphatic heterocycles. The molecule has 0 atom stereocenters. The summed E-state index contributed by atoms with van der Waals surface area (Å²) in [5.74, 6) is -0.886. The first-order valence-electron chi connectivity index (χ1n) is 5.90. The second-order valence-electron chi connectivity index (χ2n) is 4.33. The van der Waals surface area contributed by atoms with Gasteiger partial charge in [0.1, 0.15) is 5.52 Å². The lowest BCUT2D eigenvalue weighted by atomic mass is 10.1. The number of hydrogen-bond donors (Lipinski definition) is 1. The number of hydrogen-bond acceptors (Lipinski definition) is 5. The van der Waals surface area contributed by atoms with Gasteiger partial charge in [0.15, 0.2) is 5.69 Å². The Kier molecular flexibility index (Phi) is 2.90. The number of fused-ring (bicyclic) bond motifs is 3. The lowest BCUT2D eigenvalue weighted by Gasteiger charge is -2.09. The maximum atomic E-state index is 13.0. The van der Waals surface area contributed by atoms with E-state index in [9.17, 15) is 22.8 Å². The largest absolute Gasteiger partial charge is 0.464 e. The highest BCUT2D eigenvalue weighted by molar-refractivity contribution is 6.05. The molecular formula is C12H7F3N4O3. The normalized spacial score (nSPS) is 12.0. The van der Waals surface area contributed by atoms with Crippen LogP contribution in [0.2, 0.25) is 0 Å². The smallest absolute Gasteiger partial charge is 0.418 e. The van der Waals surface area contributed by atoms with E-state index < -0.39 is 28.9 Å². The number of alkyl halides is 3. The number of para-hydroxylation sites is 1. The standard InChI is InChI=1S/C12H7F3N4O3/c1-22-10(20)8-9-5-3-2-4-6(12(13,14)15)7(5)16-11(21)19(9)18-17-8/h2-4,18H,1H3. The summed E-state index contributed by atoms with van der Waals surface area (Å²) < 4.78 is 44.4. The number of carbonyl (C=O) groups is 1. The van der Waals surface area contributed by atoms with Crippen LogP contribution < -0.4 is 5.69 Å². The minimum absolute atomic E-state index is 0.0384. The summed E-state index contributed by atoms with van der Waals surface area (Å²) in [5.41, 5.74) is -3.05. The molecule has 2 heterocycles. The molecule has 7 nitrogen and oxygen atoms in total. The average molecular weight is 312 g/mol. The predicted molar refractivity (Wildman–Crippen MR) is 67.5 cm³/mol. The van der Waals surface area contributed by atoms with Gasteiger partial charge < -0.3 is 4.74 Å². The zero-order chi connectivity index (χ0) is 16.1. The van der Waals surface area contributed by atoms with Crippen LogP contribution >= 0.6 is 0 Å². The lowest BCUT2D eigenvalue weighted by molar-refractivity contribution is -0.136. The number of carbonyl (C=O) groups excluding carboxylic acids is 1. The third-order valence-electron chi connectivity index (χ3n) is 3.08. The van der Waals surface area contributed by atoms with Crippen LogP contribution in [0.4, 0.5) is 13.2 Å². The first-order chi connectivity index (χ1) is 10.3. The first-order valence-corrected chi connectivity index (χ1v) is 5.90. The Bertz CT molecular complexity index is 958. The number of nitrogens with zero attached hydrogens (tertiary/aromatic N) is 3. The van der Waals surface area contributed by atoms with E-state index in [-0.39, 0.29) is 16.6 Å². The Morgan fingerprint density at radius 2 is 2.09 bits per heavy atom. The monoisotopic (exact) mass is 312 g/mol. The van der Waals surface area contributed by atoms with E-state index in [1.54, 1.807) is 0 Å². The van der Waals surface area contributed by atoms with Crippen molar-refractivity contribution in [3.8, 4) is 0 Å². The van der Waals surface area contributed by atoms with Gasteiger partial charge >= 0.3 is 17.8 Å². The lowest BCUT2D eigenvalue weighted by Crippen LogP contribution is -2.19. The zero-order valence-electron chi connectivity index (χ0n) is 10.9. The van der Waals surface area contributed by atoms with Gasteiger partial charge in [-0.05, 0) is 6.07 Å². The van der Waals surface area contributed by atoms with Crippen molar-refractivity contribution in [2.45, 2.75) is 6.18 Å². The predicted octanol–water partition coefficient (Wildman–Crippen LogP) is 1.38. The molecule has 0 aliphatic carbocycles.